The molecule has 2 aromatic rings. The van der Waals surface area contributed by atoms with E-state index in [-0.39, 0.29) is 4.88 Å². The average molecular weight is 264 g/mol. The van der Waals surface area contributed by atoms with E-state index in [1.165, 1.54) is 0 Å². The van der Waals surface area contributed by atoms with Crippen LogP contribution in [0.15, 0.2) is 6.20 Å². The number of carboxylic acids is 1. The summed E-state index contributed by atoms with van der Waals surface area (Å²) in [5, 5.41) is 9.62. The van der Waals surface area contributed by atoms with Crippen LogP contribution in [-0.4, -0.2) is 26.0 Å². The van der Waals surface area contributed by atoms with Crippen molar-refractivity contribution in [1.82, 2.24) is 15.0 Å². The maximum atomic E-state index is 11.1. The number of thiazole rings is 1. The molecular formula is C11H12N4O2S. The lowest BCUT2D eigenvalue weighted by atomic mass is 10.3. The number of nitrogens with two attached hydrogens (primary N) is 1. The summed E-state index contributed by atoms with van der Waals surface area (Å²) < 4.78 is 0. The van der Waals surface area contributed by atoms with Crippen LogP contribution in [0.5, 0.6) is 0 Å². The van der Waals surface area contributed by atoms with Crippen molar-refractivity contribution in [2.75, 3.05) is 5.73 Å². The number of nitrogens with zero attached hydrogens (tertiary/aromatic N) is 3. The predicted molar refractivity (Wildman–Crippen MR) is 68.6 cm³/mol. The Morgan fingerprint density at radius 2 is 2.22 bits per heavy atom. The fraction of sp³-hybridized carbons (Fsp3) is 0.273. The number of aromatic carboxylic acids is 1. The molecule has 0 aromatic carbocycles. The van der Waals surface area contributed by atoms with Crippen LogP contribution in [-0.2, 0) is 6.42 Å². The van der Waals surface area contributed by atoms with Gasteiger partial charge in [0, 0.05) is 6.20 Å². The van der Waals surface area contributed by atoms with Gasteiger partial charge >= 0.3 is 5.97 Å². The molecule has 0 aliphatic carbocycles. The van der Waals surface area contributed by atoms with Gasteiger partial charge in [0.05, 0.1) is 11.3 Å². The van der Waals surface area contributed by atoms with E-state index in [1.807, 2.05) is 6.92 Å². The number of aryl methyl sites for hydroxylation is 2. The van der Waals surface area contributed by atoms with E-state index in [0.717, 1.165) is 11.3 Å². The van der Waals surface area contributed by atoms with E-state index in [9.17, 15) is 4.79 Å². The van der Waals surface area contributed by atoms with E-state index < -0.39 is 5.97 Å². The number of nitrogen functional groups attached to an aromatic ring is 1. The molecule has 2 rings (SSSR count). The van der Waals surface area contributed by atoms with Crippen molar-refractivity contribution in [1.29, 1.82) is 0 Å². The van der Waals surface area contributed by atoms with E-state index in [2.05, 4.69) is 15.0 Å². The molecular weight excluding hydrogens is 252 g/mol. The lowest BCUT2D eigenvalue weighted by molar-refractivity contribution is 0.0701. The molecule has 7 heteroatoms. The topological polar surface area (TPSA) is 102 Å². The van der Waals surface area contributed by atoms with Crippen LogP contribution in [0.1, 0.15) is 28.1 Å². The Kier molecular flexibility index (Phi) is 3.24. The smallest absolute Gasteiger partial charge is 0.347 e. The van der Waals surface area contributed by atoms with E-state index in [4.69, 9.17) is 10.8 Å². The molecule has 0 atom stereocenters. The highest BCUT2D eigenvalue weighted by Crippen LogP contribution is 2.30. The van der Waals surface area contributed by atoms with Gasteiger partial charge in [-0.1, -0.05) is 6.92 Å². The first-order chi connectivity index (χ1) is 8.52. The van der Waals surface area contributed by atoms with Gasteiger partial charge in [-0.3, -0.25) is 0 Å². The molecule has 2 heterocycles. The number of hydrogen-bond donors (Lipinski definition) is 2. The zero-order chi connectivity index (χ0) is 13.3. The minimum atomic E-state index is -0.970. The highest BCUT2D eigenvalue weighted by molar-refractivity contribution is 7.17. The van der Waals surface area contributed by atoms with Gasteiger partial charge in [0.25, 0.3) is 0 Å². The summed E-state index contributed by atoms with van der Waals surface area (Å²) in [6.07, 6.45) is 2.13. The number of hydrogen-bond acceptors (Lipinski definition) is 6. The molecule has 0 spiro atoms. The maximum absolute atomic E-state index is 11.1. The second-order valence-corrected chi connectivity index (χ2v) is 4.67. The molecule has 0 aliphatic rings. The normalized spacial score (nSPS) is 10.6. The Labute approximate surface area is 108 Å². The standard InChI is InChI=1S/C11H12N4O2S/c1-3-7-8(11(16)17)18-10(15-7)6-4-13-5(2)14-9(6)12/h4H,3H2,1-2H3,(H,16,17)(H2,12,13,14). The third kappa shape index (κ3) is 2.17. The molecule has 18 heavy (non-hydrogen) atoms. The number of anilines is 1. The lowest BCUT2D eigenvalue weighted by Crippen LogP contribution is -1.98. The molecule has 3 N–H and O–H groups in total. The van der Waals surface area contributed by atoms with E-state index in [0.29, 0.717) is 34.3 Å². The second kappa shape index (κ2) is 4.69. The molecule has 2 aromatic heterocycles. The van der Waals surface area contributed by atoms with Crippen LogP contribution >= 0.6 is 11.3 Å². The highest BCUT2D eigenvalue weighted by atomic mass is 32.1. The molecule has 6 nitrogen and oxygen atoms in total. The van der Waals surface area contributed by atoms with Gasteiger partial charge in [0.15, 0.2) is 0 Å². The molecule has 0 aliphatic heterocycles. The lowest BCUT2D eigenvalue weighted by Gasteiger charge is -2.00. The first-order valence-electron chi connectivity index (χ1n) is 5.35. The molecule has 0 saturated heterocycles. The van der Waals surface area contributed by atoms with Gasteiger partial charge in [-0.2, -0.15) is 0 Å². The molecule has 0 bridgehead atoms. The van der Waals surface area contributed by atoms with Crippen molar-refractivity contribution in [3.63, 3.8) is 0 Å². The van der Waals surface area contributed by atoms with Crippen LogP contribution in [0.2, 0.25) is 0 Å². The Bertz CT molecular complexity index is 609. The minimum absolute atomic E-state index is 0.243. The molecule has 0 fully saturated rings. The first-order valence-corrected chi connectivity index (χ1v) is 6.17. The van der Waals surface area contributed by atoms with Crippen molar-refractivity contribution in [2.24, 2.45) is 0 Å². The Morgan fingerprint density at radius 3 is 2.72 bits per heavy atom. The SMILES string of the molecule is CCc1nc(-c2cnc(C)nc2N)sc1C(=O)O. The quantitative estimate of drug-likeness (QED) is 0.875. The number of aromatic nitrogens is 3. The van der Waals surface area contributed by atoms with Gasteiger partial charge < -0.3 is 10.8 Å². The van der Waals surface area contributed by atoms with Crippen LogP contribution in [0, 0.1) is 6.92 Å². The second-order valence-electron chi connectivity index (χ2n) is 3.67. The van der Waals surface area contributed by atoms with E-state index >= 15 is 0 Å². The molecule has 0 radical (unpaired) electrons. The van der Waals surface area contributed by atoms with Crippen molar-refractivity contribution in [2.45, 2.75) is 20.3 Å². The average Bonchev–Trinajstić information content (AvgIpc) is 2.73. The Hall–Kier alpha value is -2.02. The summed E-state index contributed by atoms with van der Waals surface area (Å²) in [5.41, 5.74) is 6.93. The van der Waals surface area contributed by atoms with Crippen molar-refractivity contribution in [3.8, 4) is 10.6 Å². The molecule has 0 unspecified atom stereocenters. The maximum Gasteiger partial charge on any atom is 0.347 e. The largest absolute Gasteiger partial charge is 0.477 e. The third-order valence-electron chi connectivity index (χ3n) is 2.40. The monoisotopic (exact) mass is 264 g/mol. The third-order valence-corrected chi connectivity index (χ3v) is 3.51. The van der Waals surface area contributed by atoms with Gasteiger partial charge in [0.2, 0.25) is 0 Å². The molecule has 0 saturated carbocycles. The van der Waals surface area contributed by atoms with Crippen molar-refractivity contribution in [3.05, 3.63) is 22.6 Å². The van der Waals surface area contributed by atoms with Gasteiger partial charge in [-0.15, -0.1) is 11.3 Å². The zero-order valence-corrected chi connectivity index (χ0v) is 10.8. The summed E-state index contributed by atoms with van der Waals surface area (Å²) in [5.74, 6) is -0.0833. The van der Waals surface area contributed by atoms with Gasteiger partial charge in [-0.25, -0.2) is 19.7 Å². The fourth-order valence-electron chi connectivity index (χ4n) is 1.53. The van der Waals surface area contributed by atoms with Gasteiger partial charge in [-0.05, 0) is 13.3 Å². The minimum Gasteiger partial charge on any atom is -0.477 e. The Morgan fingerprint density at radius 1 is 1.50 bits per heavy atom. The van der Waals surface area contributed by atoms with Crippen molar-refractivity contribution >= 4 is 23.1 Å². The predicted octanol–water partition coefficient (Wildman–Crippen LogP) is 1.75. The molecule has 0 amide bonds. The zero-order valence-electron chi connectivity index (χ0n) is 9.97. The van der Waals surface area contributed by atoms with E-state index in [1.54, 1.807) is 13.1 Å². The molecule has 94 valence electrons. The summed E-state index contributed by atoms with van der Waals surface area (Å²) in [7, 11) is 0. The summed E-state index contributed by atoms with van der Waals surface area (Å²) in [6, 6.07) is 0. The van der Waals surface area contributed by atoms with Crippen LogP contribution in [0.3, 0.4) is 0 Å². The summed E-state index contributed by atoms with van der Waals surface area (Å²) in [4.78, 5) is 23.7. The fourth-order valence-corrected chi connectivity index (χ4v) is 2.54. The van der Waals surface area contributed by atoms with Crippen LogP contribution in [0.25, 0.3) is 10.6 Å². The first kappa shape index (κ1) is 12.4. The van der Waals surface area contributed by atoms with Crippen molar-refractivity contribution < 1.29 is 9.90 Å². The highest BCUT2D eigenvalue weighted by Gasteiger charge is 2.18. The van der Waals surface area contributed by atoms with Crippen LogP contribution < -0.4 is 5.73 Å². The van der Waals surface area contributed by atoms with Gasteiger partial charge in [0.1, 0.15) is 21.5 Å². The summed E-state index contributed by atoms with van der Waals surface area (Å²) >= 11 is 1.09. The number of carboxylic acid groups (broad SMARTS) is 1. The Balaban J connectivity index is 2.54. The number of rotatable bonds is 3. The number of carbonyl (C=O) groups is 1. The van der Waals surface area contributed by atoms with Crippen LogP contribution in [0.4, 0.5) is 5.82 Å². The summed E-state index contributed by atoms with van der Waals surface area (Å²) in [6.45, 7) is 3.60.